The molecule has 0 unspecified atom stereocenters. The SMILES string of the molecule is CCOC(=O)c1ccc(CC[C@H](O)COS(=O)(=O)Cc2ccc(C)cc2)s1. The van der Waals surface area contributed by atoms with Crippen molar-refractivity contribution in [3.05, 3.63) is 57.3 Å². The normalized spacial score (nSPS) is 12.7. The number of esters is 1. The first kappa shape index (κ1) is 21.6. The third-order valence-electron chi connectivity index (χ3n) is 3.77. The van der Waals surface area contributed by atoms with E-state index in [0.717, 1.165) is 10.4 Å². The van der Waals surface area contributed by atoms with Crippen LogP contribution in [0.3, 0.4) is 0 Å². The van der Waals surface area contributed by atoms with Gasteiger partial charge < -0.3 is 9.84 Å². The number of thiophene rings is 1. The third kappa shape index (κ3) is 7.42. The fourth-order valence-electron chi connectivity index (χ4n) is 2.33. The second-order valence-electron chi connectivity index (χ2n) is 6.15. The number of hydrogen-bond donors (Lipinski definition) is 1. The first-order valence-corrected chi connectivity index (χ1v) is 11.0. The largest absolute Gasteiger partial charge is 0.462 e. The molecule has 148 valence electrons. The summed E-state index contributed by atoms with van der Waals surface area (Å²) in [6, 6.07) is 10.7. The molecule has 0 spiro atoms. The number of aliphatic hydroxyl groups excluding tert-OH is 1. The van der Waals surface area contributed by atoms with Crippen LogP contribution in [-0.2, 0) is 31.2 Å². The summed E-state index contributed by atoms with van der Waals surface area (Å²) >= 11 is 1.30. The van der Waals surface area contributed by atoms with Crippen LogP contribution in [0.4, 0.5) is 0 Å². The van der Waals surface area contributed by atoms with E-state index in [-0.39, 0.29) is 18.3 Å². The molecule has 1 N–H and O–H groups in total. The van der Waals surface area contributed by atoms with E-state index < -0.39 is 16.2 Å². The number of aryl methyl sites for hydroxylation is 2. The summed E-state index contributed by atoms with van der Waals surface area (Å²) < 4.78 is 33.9. The van der Waals surface area contributed by atoms with Crippen molar-refractivity contribution >= 4 is 27.4 Å². The second kappa shape index (κ2) is 9.98. The minimum absolute atomic E-state index is 0.228. The fraction of sp³-hybridized carbons (Fsp3) is 0.421. The van der Waals surface area contributed by atoms with E-state index in [2.05, 4.69) is 0 Å². The zero-order valence-electron chi connectivity index (χ0n) is 15.4. The Hall–Kier alpha value is -1.74. The molecule has 8 heteroatoms. The maximum atomic E-state index is 12.0. The zero-order valence-corrected chi connectivity index (χ0v) is 17.0. The maximum Gasteiger partial charge on any atom is 0.348 e. The highest BCUT2D eigenvalue weighted by molar-refractivity contribution is 7.85. The lowest BCUT2D eigenvalue weighted by molar-refractivity contribution is 0.0532. The molecule has 0 saturated carbocycles. The van der Waals surface area contributed by atoms with Crippen LogP contribution >= 0.6 is 11.3 Å². The Bertz CT molecular complexity index is 839. The Kier molecular flexibility index (Phi) is 7.97. The molecule has 1 atom stereocenters. The molecule has 0 saturated heterocycles. The molecule has 0 bridgehead atoms. The molecule has 0 radical (unpaired) electrons. The van der Waals surface area contributed by atoms with Crippen molar-refractivity contribution in [3.63, 3.8) is 0 Å². The van der Waals surface area contributed by atoms with Gasteiger partial charge in [0.25, 0.3) is 10.1 Å². The number of ether oxygens (including phenoxy) is 1. The first-order valence-electron chi connectivity index (χ1n) is 8.65. The molecule has 2 rings (SSSR count). The fourth-order valence-corrected chi connectivity index (χ4v) is 4.29. The number of hydrogen-bond acceptors (Lipinski definition) is 7. The first-order chi connectivity index (χ1) is 12.8. The van der Waals surface area contributed by atoms with Crippen molar-refractivity contribution in [1.29, 1.82) is 0 Å². The van der Waals surface area contributed by atoms with Crippen molar-refractivity contribution in [2.24, 2.45) is 0 Å². The Morgan fingerprint density at radius 1 is 1.19 bits per heavy atom. The lowest BCUT2D eigenvalue weighted by atomic mass is 10.2. The van der Waals surface area contributed by atoms with Crippen LogP contribution in [0.2, 0.25) is 0 Å². The van der Waals surface area contributed by atoms with Gasteiger partial charge in [0.15, 0.2) is 0 Å². The maximum absolute atomic E-state index is 12.0. The molecule has 1 aromatic carbocycles. The highest BCUT2D eigenvalue weighted by Gasteiger charge is 2.16. The van der Waals surface area contributed by atoms with Crippen molar-refractivity contribution in [3.8, 4) is 0 Å². The van der Waals surface area contributed by atoms with Crippen LogP contribution in [0.15, 0.2) is 36.4 Å². The van der Waals surface area contributed by atoms with Crippen molar-refractivity contribution in [2.75, 3.05) is 13.2 Å². The van der Waals surface area contributed by atoms with Crippen LogP contribution in [0.5, 0.6) is 0 Å². The predicted molar refractivity (Wildman–Crippen MR) is 104 cm³/mol. The monoisotopic (exact) mass is 412 g/mol. The molecular weight excluding hydrogens is 388 g/mol. The molecule has 0 aliphatic rings. The highest BCUT2D eigenvalue weighted by atomic mass is 32.2. The topological polar surface area (TPSA) is 89.9 Å². The van der Waals surface area contributed by atoms with Gasteiger partial charge in [-0.3, -0.25) is 4.18 Å². The Morgan fingerprint density at radius 3 is 2.56 bits per heavy atom. The van der Waals surface area contributed by atoms with Gasteiger partial charge in [-0.15, -0.1) is 11.3 Å². The summed E-state index contributed by atoms with van der Waals surface area (Å²) in [7, 11) is -3.76. The number of carbonyl (C=O) groups is 1. The second-order valence-corrected chi connectivity index (χ2v) is 8.96. The lowest BCUT2D eigenvalue weighted by Gasteiger charge is -2.11. The smallest absolute Gasteiger partial charge is 0.348 e. The number of benzene rings is 1. The van der Waals surface area contributed by atoms with Gasteiger partial charge in [0.1, 0.15) is 10.6 Å². The average Bonchev–Trinajstić information content (AvgIpc) is 3.09. The van der Waals surface area contributed by atoms with Gasteiger partial charge in [0.05, 0.1) is 19.3 Å². The molecule has 6 nitrogen and oxygen atoms in total. The van der Waals surface area contributed by atoms with Crippen molar-refractivity contribution in [2.45, 2.75) is 38.5 Å². The number of rotatable bonds is 10. The minimum atomic E-state index is -3.76. The van der Waals surface area contributed by atoms with Crippen molar-refractivity contribution < 1.29 is 27.2 Å². The van der Waals surface area contributed by atoms with Gasteiger partial charge in [-0.2, -0.15) is 8.42 Å². The van der Waals surface area contributed by atoms with Crippen molar-refractivity contribution in [1.82, 2.24) is 0 Å². The molecule has 27 heavy (non-hydrogen) atoms. The lowest BCUT2D eigenvalue weighted by Crippen LogP contribution is -2.20. The molecule has 0 aliphatic heterocycles. The predicted octanol–water partition coefficient (Wildman–Crippen LogP) is 3.07. The van der Waals surface area contributed by atoms with E-state index in [1.54, 1.807) is 31.2 Å². The zero-order chi connectivity index (χ0) is 19.9. The Labute approximate surface area is 163 Å². The molecule has 0 amide bonds. The minimum Gasteiger partial charge on any atom is -0.462 e. The Balaban J connectivity index is 1.77. The van der Waals surface area contributed by atoms with E-state index >= 15 is 0 Å². The van der Waals surface area contributed by atoms with Gasteiger partial charge in [-0.25, -0.2) is 4.79 Å². The van der Waals surface area contributed by atoms with Crippen LogP contribution in [0.25, 0.3) is 0 Å². The molecule has 1 heterocycles. The third-order valence-corrected chi connectivity index (χ3v) is 6.07. The van der Waals surface area contributed by atoms with E-state index in [9.17, 15) is 18.3 Å². The molecule has 0 fully saturated rings. The summed E-state index contributed by atoms with van der Waals surface area (Å²) in [5.74, 6) is -0.590. The van der Waals surface area contributed by atoms with E-state index in [0.29, 0.717) is 29.9 Å². The molecule has 1 aromatic heterocycles. The van der Waals surface area contributed by atoms with Gasteiger partial charge in [0, 0.05) is 4.88 Å². The number of aliphatic hydroxyl groups is 1. The van der Waals surface area contributed by atoms with E-state index in [1.807, 2.05) is 19.1 Å². The summed E-state index contributed by atoms with van der Waals surface area (Å²) in [5, 5.41) is 10.0. The van der Waals surface area contributed by atoms with Gasteiger partial charge in [-0.05, 0) is 44.4 Å². The highest BCUT2D eigenvalue weighted by Crippen LogP contribution is 2.20. The van der Waals surface area contributed by atoms with Crippen LogP contribution in [0, 0.1) is 6.92 Å². The molecular formula is C19H24O6S2. The molecule has 0 aliphatic carbocycles. The van der Waals surface area contributed by atoms with Crippen LogP contribution in [0.1, 0.15) is 39.0 Å². The van der Waals surface area contributed by atoms with E-state index in [4.69, 9.17) is 8.92 Å². The summed E-state index contributed by atoms with van der Waals surface area (Å²) in [6.45, 7) is 3.70. The molecule has 2 aromatic rings. The van der Waals surface area contributed by atoms with Gasteiger partial charge in [-0.1, -0.05) is 29.8 Å². The quantitative estimate of drug-likeness (QED) is 0.476. The van der Waals surface area contributed by atoms with Crippen LogP contribution < -0.4 is 0 Å². The average molecular weight is 413 g/mol. The Morgan fingerprint density at radius 2 is 1.89 bits per heavy atom. The standard InChI is InChI=1S/C19H24O6S2/c1-3-24-19(21)18-11-10-17(26-18)9-8-16(20)12-25-27(22,23)13-15-6-4-14(2)5-7-15/h4-7,10-11,16,20H,3,8-9,12-13H2,1-2H3/t16-/m0/s1. The summed E-state index contributed by atoms with van der Waals surface area (Å²) in [4.78, 5) is 13.1. The number of carbonyl (C=O) groups excluding carboxylic acids is 1. The summed E-state index contributed by atoms with van der Waals surface area (Å²) in [6.07, 6.45) is -0.0546. The van der Waals surface area contributed by atoms with E-state index in [1.165, 1.54) is 11.3 Å². The van der Waals surface area contributed by atoms with Crippen LogP contribution in [-0.4, -0.2) is 38.8 Å². The van der Waals surface area contributed by atoms with Gasteiger partial charge >= 0.3 is 5.97 Å². The summed E-state index contributed by atoms with van der Waals surface area (Å²) in [5.41, 5.74) is 1.69. The van der Waals surface area contributed by atoms with Gasteiger partial charge in [0.2, 0.25) is 0 Å².